The van der Waals surface area contributed by atoms with Gasteiger partial charge in [0.05, 0.1) is 42.5 Å². The van der Waals surface area contributed by atoms with E-state index >= 15 is 0 Å². The van der Waals surface area contributed by atoms with Crippen molar-refractivity contribution in [1.29, 1.82) is 0 Å². The van der Waals surface area contributed by atoms with Gasteiger partial charge in [0.2, 0.25) is 0 Å². The standard InChI is InChI=1S/C31H40N4O4/c1-19(2)28-25(23-16-12-13-17-35(23)33-28)26-24(29(36)38-7)20(3)32-31(5,27(26)30(37)39-8)21(4)34(6)18-22-14-10-9-11-15-22/h9-17,19,21,26-27,32H,18H2,1-8H3. The Morgan fingerprint density at radius 3 is 2.36 bits per heavy atom. The fourth-order valence-electron chi connectivity index (χ4n) is 6.12. The van der Waals surface area contributed by atoms with E-state index in [9.17, 15) is 9.59 Å². The van der Waals surface area contributed by atoms with Crippen LogP contribution in [-0.4, -0.2) is 59.3 Å². The lowest BCUT2D eigenvalue weighted by Crippen LogP contribution is -2.66. The van der Waals surface area contributed by atoms with Crippen LogP contribution in [-0.2, 0) is 25.6 Å². The second-order valence-corrected chi connectivity index (χ2v) is 11.0. The van der Waals surface area contributed by atoms with Gasteiger partial charge in [0.25, 0.3) is 0 Å². The van der Waals surface area contributed by atoms with Crippen LogP contribution in [0, 0.1) is 5.92 Å². The number of nitrogens with one attached hydrogen (secondary N) is 1. The van der Waals surface area contributed by atoms with Crippen molar-refractivity contribution in [3.05, 3.63) is 82.8 Å². The Labute approximate surface area is 231 Å². The van der Waals surface area contributed by atoms with Crippen LogP contribution in [0.5, 0.6) is 0 Å². The molecule has 208 valence electrons. The minimum Gasteiger partial charge on any atom is -0.469 e. The van der Waals surface area contributed by atoms with E-state index in [1.165, 1.54) is 19.8 Å². The third-order valence-electron chi connectivity index (χ3n) is 8.28. The van der Waals surface area contributed by atoms with Crippen LogP contribution in [0.2, 0.25) is 0 Å². The number of rotatable bonds is 8. The van der Waals surface area contributed by atoms with Crippen molar-refractivity contribution >= 4 is 17.5 Å². The molecule has 4 atom stereocenters. The van der Waals surface area contributed by atoms with Gasteiger partial charge in [-0.2, -0.15) is 5.10 Å². The first-order valence-electron chi connectivity index (χ1n) is 13.4. The third-order valence-corrected chi connectivity index (χ3v) is 8.28. The Morgan fingerprint density at radius 1 is 1.08 bits per heavy atom. The molecule has 4 unspecified atom stereocenters. The molecular weight excluding hydrogens is 492 g/mol. The molecule has 1 aliphatic heterocycles. The van der Waals surface area contributed by atoms with Crippen molar-refractivity contribution in [3.63, 3.8) is 0 Å². The number of hydrogen-bond acceptors (Lipinski definition) is 7. The molecule has 1 aliphatic rings. The highest BCUT2D eigenvalue weighted by molar-refractivity contribution is 5.94. The molecule has 4 rings (SSSR count). The normalized spacial score (nSPS) is 22.2. The number of likely N-dealkylation sites (N-methyl/N-ethyl adjacent to an activating group) is 1. The second kappa shape index (κ2) is 11.2. The van der Waals surface area contributed by atoms with Crippen molar-refractivity contribution in [2.45, 2.75) is 64.6 Å². The van der Waals surface area contributed by atoms with Crippen LogP contribution in [0.3, 0.4) is 0 Å². The molecule has 0 fully saturated rings. The number of carbonyl (C=O) groups excluding carboxylic acids is 2. The first-order valence-corrected chi connectivity index (χ1v) is 13.4. The first-order chi connectivity index (χ1) is 18.5. The molecule has 0 saturated heterocycles. The zero-order chi connectivity index (χ0) is 28.5. The number of fused-ring (bicyclic) bond motifs is 1. The fourth-order valence-corrected chi connectivity index (χ4v) is 6.12. The molecular formula is C31H40N4O4. The molecule has 0 amide bonds. The zero-order valence-corrected chi connectivity index (χ0v) is 24.2. The van der Waals surface area contributed by atoms with E-state index in [0.29, 0.717) is 17.8 Å². The topological polar surface area (TPSA) is 85.2 Å². The quantitative estimate of drug-likeness (QED) is 0.423. The van der Waals surface area contributed by atoms with Crippen molar-refractivity contribution in [2.75, 3.05) is 21.3 Å². The lowest BCUT2D eigenvalue weighted by Gasteiger charge is -2.51. The number of nitrogens with zero attached hydrogens (tertiary/aromatic N) is 3. The van der Waals surface area contributed by atoms with Gasteiger partial charge >= 0.3 is 11.9 Å². The van der Waals surface area contributed by atoms with Gasteiger partial charge in [-0.15, -0.1) is 0 Å². The number of pyridine rings is 1. The highest BCUT2D eigenvalue weighted by atomic mass is 16.5. The van der Waals surface area contributed by atoms with Crippen molar-refractivity contribution in [3.8, 4) is 0 Å². The number of aromatic nitrogens is 2. The summed E-state index contributed by atoms with van der Waals surface area (Å²) in [5, 5.41) is 8.48. The van der Waals surface area contributed by atoms with Crippen molar-refractivity contribution < 1.29 is 19.1 Å². The lowest BCUT2D eigenvalue weighted by molar-refractivity contribution is -0.151. The van der Waals surface area contributed by atoms with E-state index < -0.39 is 29.3 Å². The highest BCUT2D eigenvalue weighted by Crippen LogP contribution is 2.49. The molecule has 2 aromatic heterocycles. The molecule has 0 radical (unpaired) electrons. The minimum absolute atomic E-state index is 0.0525. The van der Waals surface area contributed by atoms with E-state index in [1.807, 2.05) is 61.0 Å². The minimum atomic E-state index is -0.805. The Hall–Kier alpha value is -3.65. The maximum atomic E-state index is 13.9. The molecule has 0 spiro atoms. The maximum absolute atomic E-state index is 13.9. The summed E-state index contributed by atoms with van der Waals surface area (Å²) in [4.78, 5) is 29.5. The van der Waals surface area contributed by atoms with E-state index in [0.717, 1.165) is 16.8 Å². The van der Waals surface area contributed by atoms with Gasteiger partial charge in [-0.1, -0.05) is 50.2 Å². The van der Waals surface area contributed by atoms with E-state index in [1.54, 1.807) is 0 Å². The second-order valence-electron chi connectivity index (χ2n) is 11.0. The molecule has 1 N–H and O–H groups in total. The predicted octanol–water partition coefficient (Wildman–Crippen LogP) is 4.66. The smallest absolute Gasteiger partial charge is 0.336 e. The van der Waals surface area contributed by atoms with Crippen molar-refractivity contribution in [2.24, 2.45) is 5.92 Å². The Balaban J connectivity index is 1.96. The Morgan fingerprint density at radius 2 is 1.74 bits per heavy atom. The summed E-state index contributed by atoms with van der Waals surface area (Å²) < 4.78 is 12.6. The average Bonchev–Trinajstić information content (AvgIpc) is 3.31. The predicted molar refractivity (Wildman–Crippen MR) is 151 cm³/mol. The third kappa shape index (κ3) is 5.05. The highest BCUT2D eigenvalue weighted by Gasteiger charge is 2.56. The molecule has 1 aromatic carbocycles. The van der Waals surface area contributed by atoms with Crippen molar-refractivity contribution in [1.82, 2.24) is 19.8 Å². The van der Waals surface area contributed by atoms with E-state index in [4.69, 9.17) is 14.6 Å². The molecule has 8 heteroatoms. The number of allylic oxidation sites excluding steroid dienone is 1. The number of carbonyl (C=O) groups is 2. The summed E-state index contributed by atoms with van der Waals surface area (Å²) in [6.45, 7) is 10.9. The summed E-state index contributed by atoms with van der Waals surface area (Å²) in [5.41, 5.74) is 4.01. The van der Waals surface area contributed by atoms with Gasteiger partial charge in [-0.05, 0) is 51.4 Å². The summed E-state index contributed by atoms with van der Waals surface area (Å²) in [6, 6.07) is 15.9. The average molecular weight is 533 g/mol. The van der Waals surface area contributed by atoms with Gasteiger partial charge in [-0.3, -0.25) is 9.69 Å². The van der Waals surface area contributed by atoms with E-state index in [2.05, 4.69) is 50.2 Å². The molecule has 3 heterocycles. The number of benzene rings is 1. The molecule has 0 aliphatic carbocycles. The summed E-state index contributed by atoms with van der Waals surface area (Å²) in [7, 11) is 4.83. The van der Waals surface area contributed by atoms with Gasteiger partial charge in [0, 0.05) is 36.0 Å². The van der Waals surface area contributed by atoms with Gasteiger partial charge < -0.3 is 14.8 Å². The maximum Gasteiger partial charge on any atom is 0.336 e. The summed E-state index contributed by atoms with van der Waals surface area (Å²) in [5.74, 6) is -2.21. The van der Waals surface area contributed by atoms with Crippen LogP contribution < -0.4 is 5.32 Å². The Kier molecular flexibility index (Phi) is 8.16. The number of hydrogen-bond donors (Lipinski definition) is 1. The fraction of sp³-hybridized carbons (Fsp3) is 0.452. The molecule has 0 saturated carbocycles. The van der Waals surface area contributed by atoms with Crippen LogP contribution in [0.15, 0.2) is 66.0 Å². The lowest BCUT2D eigenvalue weighted by atomic mass is 9.64. The summed E-state index contributed by atoms with van der Waals surface area (Å²) in [6.07, 6.45) is 1.89. The molecule has 0 bridgehead atoms. The van der Waals surface area contributed by atoms with Crippen LogP contribution in [0.25, 0.3) is 5.52 Å². The first kappa shape index (κ1) is 28.4. The molecule has 3 aromatic rings. The van der Waals surface area contributed by atoms with Crippen LogP contribution >= 0.6 is 0 Å². The van der Waals surface area contributed by atoms with Gasteiger partial charge in [0.15, 0.2) is 0 Å². The number of ether oxygens (including phenoxy) is 2. The monoisotopic (exact) mass is 532 g/mol. The van der Waals surface area contributed by atoms with Crippen LogP contribution in [0.4, 0.5) is 0 Å². The molecule has 39 heavy (non-hydrogen) atoms. The largest absolute Gasteiger partial charge is 0.469 e. The van der Waals surface area contributed by atoms with E-state index in [-0.39, 0.29) is 12.0 Å². The SMILES string of the molecule is COC(=O)C1=C(C)NC(C)(C(C)N(C)Cc2ccccc2)C(C(=O)OC)C1c1c(C(C)C)nn2ccccc12. The molecule has 8 nitrogen and oxygen atoms in total. The van der Waals surface area contributed by atoms with Gasteiger partial charge in [0.1, 0.15) is 0 Å². The van der Waals surface area contributed by atoms with Crippen LogP contribution in [0.1, 0.15) is 63.3 Å². The Bertz CT molecular complexity index is 1380. The zero-order valence-electron chi connectivity index (χ0n) is 24.2. The van der Waals surface area contributed by atoms with Gasteiger partial charge in [-0.25, -0.2) is 9.31 Å². The number of methoxy groups -OCH3 is 2. The summed E-state index contributed by atoms with van der Waals surface area (Å²) >= 11 is 0. The number of esters is 2.